The Kier molecular flexibility index (Phi) is 9.48. The molecule has 0 heterocycles. The maximum atomic E-state index is 12.6. The minimum atomic E-state index is -0.442. The summed E-state index contributed by atoms with van der Waals surface area (Å²) in [6.07, 6.45) is 6.61. The van der Waals surface area contributed by atoms with Gasteiger partial charge in [-0.05, 0) is 59.2 Å². The lowest BCUT2D eigenvalue weighted by molar-refractivity contribution is -0.111. The summed E-state index contributed by atoms with van der Waals surface area (Å²) < 4.78 is 32.0. The highest BCUT2D eigenvalue weighted by molar-refractivity contribution is 6.03. The van der Waals surface area contributed by atoms with E-state index in [-0.39, 0.29) is 17.2 Å². The first kappa shape index (κ1) is 27.8. The van der Waals surface area contributed by atoms with Crippen LogP contribution in [-0.2, 0) is 4.79 Å². The van der Waals surface area contributed by atoms with Crippen molar-refractivity contribution in [2.45, 2.75) is 0 Å². The van der Waals surface area contributed by atoms with E-state index >= 15 is 0 Å². The standard InChI is InChI=1S/C29H31NO8/c1-33-22-11-9-18(14-23(22)34-2)10-12-27(31)30-21-13-19(15-24(35-3)28(21)32)7-8-20-16-25(36-4)29(38-6)26(17-20)37-5/h7-17,32H,1-6H3,(H,30,31)/b8-7+,12-10+. The Balaban J connectivity index is 1.85. The highest BCUT2D eigenvalue weighted by atomic mass is 16.5. The maximum Gasteiger partial charge on any atom is 0.248 e. The number of rotatable bonds is 11. The van der Waals surface area contributed by atoms with Crippen molar-refractivity contribution in [3.63, 3.8) is 0 Å². The second kappa shape index (κ2) is 13.0. The molecule has 0 radical (unpaired) electrons. The molecule has 0 fully saturated rings. The van der Waals surface area contributed by atoms with Crippen molar-refractivity contribution in [1.29, 1.82) is 0 Å². The Bertz CT molecular complexity index is 1320. The van der Waals surface area contributed by atoms with Crippen molar-refractivity contribution < 1.29 is 38.3 Å². The third-order valence-electron chi connectivity index (χ3n) is 5.57. The predicted octanol–water partition coefficient (Wildman–Crippen LogP) is 5.27. The normalized spacial score (nSPS) is 10.9. The van der Waals surface area contributed by atoms with E-state index in [2.05, 4.69) is 5.32 Å². The van der Waals surface area contributed by atoms with Crippen molar-refractivity contribution >= 4 is 29.8 Å². The molecule has 0 aliphatic rings. The van der Waals surface area contributed by atoms with Crippen molar-refractivity contribution in [3.8, 4) is 40.2 Å². The van der Waals surface area contributed by atoms with Gasteiger partial charge in [0, 0.05) is 6.08 Å². The molecule has 200 valence electrons. The third-order valence-corrected chi connectivity index (χ3v) is 5.57. The number of ether oxygens (including phenoxy) is 6. The quantitative estimate of drug-likeness (QED) is 0.200. The van der Waals surface area contributed by atoms with Crippen LogP contribution in [0, 0.1) is 0 Å². The molecule has 3 aromatic carbocycles. The van der Waals surface area contributed by atoms with Gasteiger partial charge in [0.2, 0.25) is 11.7 Å². The predicted molar refractivity (Wildman–Crippen MR) is 147 cm³/mol. The smallest absolute Gasteiger partial charge is 0.248 e. The summed E-state index contributed by atoms with van der Waals surface area (Å²) >= 11 is 0. The summed E-state index contributed by atoms with van der Waals surface area (Å²) in [7, 11) is 9.16. The number of phenolic OH excluding ortho intramolecular Hbond substituents is 1. The van der Waals surface area contributed by atoms with Gasteiger partial charge in [0.15, 0.2) is 34.5 Å². The van der Waals surface area contributed by atoms with Gasteiger partial charge >= 0.3 is 0 Å². The first-order valence-corrected chi connectivity index (χ1v) is 11.5. The summed E-state index contributed by atoms with van der Waals surface area (Å²) in [5, 5.41) is 13.3. The zero-order chi connectivity index (χ0) is 27.7. The van der Waals surface area contributed by atoms with Crippen LogP contribution in [0.5, 0.6) is 40.2 Å². The molecular formula is C29H31NO8. The van der Waals surface area contributed by atoms with E-state index in [1.165, 1.54) is 27.4 Å². The van der Waals surface area contributed by atoms with Gasteiger partial charge < -0.3 is 38.8 Å². The molecule has 0 aliphatic carbocycles. The molecular weight excluding hydrogens is 490 g/mol. The molecule has 2 N–H and O–H groups in total. The number of hydrogen-bond acceptors (Lipinski definition) is 8. The fraction of sp³-hybridized carbons (Fsp3) is 0.207. The molecule has 0 aromatic heterocycles. The third kappa shape index (κ3) is 6.50. The number of carbonyl (C=O) groups is 1. The Labute approximate surface area is 221 Å². The number of carbonyl (C=O) groups excluding carboxylic acids is 1. The van der Waals surface area contributed by atoms with E-state index in [9.17, 15) is 9.90 Å². The van der Waals surface area contributed by atoms with Crippen LogP contribution in [0.1, 0.15) is 16.7 Å². The van der Waals surface area contributed by atoms with E-state index < -0.39 is 5.91 Å². The first-order chi connectivity index (χ1) is 18.4. The number of anilines is 1. The monoisotopic (exact) mass is 521 g/mol. The van der Waals surface area contributed by atoms with Crippen LogP contribution in [0.15, 0.2) is 48.5 Å². The van der Waals surface area contributed by atoms with Crippen LogP contribution in [0.2, 0.25) is 0 Å². The van der Waals surface area contributed by atoms with Crippen molar-refractivity contribution in [2.75, 3.05) is 48.0 Å². The zero-order valence-electron chi connectivity index (χ0n) is 22.2. The topological polar surface area (TPSA) is 105 Å². The van der Waals surface area contributed by atoms with Crippen molar-refractivity contribution in [1.82, 2.24) is 0 Å². The maximum absolute atomic E-state index is 12.6. The Morgan fingerprint density at radius 2 is 1.16 bits per heavy atom. The number of nitrogens with one attached hydrogen (secondary N) is 1. The van der Waals surface area contributed by atoms with E-state index in [4.69, 9.17) is 28.4 Å². The van der Waals surface area contributed by atoms with E-state index in [1.54, 1.807) is 75.9 Å². The summed E-state index contributed by atoms with van der Waals surface area (Å²) in [6.45, 7) is 0. The number of amides is 1. The highest BCUT2D eigenvalue weighted by Gasteiger charge is 2.14. The summed E-state index contributed by atoms with van der Waals surface area (Å²) in [5.41, 5.74) is 2.39. The van der Waals surface area contributed by atoms with Crippen LogP contribution in [0.25, 0.3) is 18.2 Å². The Morgan fingerprint density at radius 1 is 0.632 bits per heavy atom. The van der Waals surface area contributed by atoms with Gasteiger partial charge in [-0.15, -0.1) is 0 Å². The zero-order valence-corrected chi connectivity index (χ0v) is 22.2. The van der Waals surface area contributed by atoms with Gasteiger partial charge in [0.05, 0.1) is 48.3 Å². The average Bonchev–Trinajstić information content (AvgIpc) is 2.95. The summed E-state index contributed by atoms with van der Waals surface area (Å²) in [6, 6.07) is 12.2. The second-order valence-corrected chi connectivity index (χ2v) is 7.85. The number of benzene rings is 3. The molecule has 0 bridgehead atoms. The fourth-order valence-electron chi connectivity index (χ4n) is 3.67. The van der Waals surface area contributed by atoms with Gasteiger partial charge in [0.25, 0.3) is 0 Å². The van der Waals surface area contributed by atoms with Crippen LogP contribution in [0.4, 0.5) is 5.69 Å². The van der Waals surface area contributed by atoms with Gasteiger partial charge in [0.1, 0.15) is 0 Å². The lowest BCUT2D eigenvalue weighted by atomic mass is 10.1. The molecule has 0 unspecified atom stereocenters. The molecule has 0 saturated carbocycles. The largest absolute Gasteiger partial charge is 0.503 e. The van der Waals surface area contributed by atoms with Crippen molar-refractivity contribution in [3.05, 3.63) is 65.2 Å². The van der Waals surface area contributed by atoms with Gasteiger partial charge in [-0.1, -0.05) is 18.2 Å². The Hall–Kier alpha value is -4.79. The number of phenols is 1. The fourth-order valence-corrected chi connectivity index (χ4v) is 3.67. The van der Waals surface area contributed by atoms with E-state index in [0.29, 0.717) is 34.3 Å². The summed E-state index contributed by atoms with van der Waals surface area (Å²) in [4.78, 5) is 12.6. The van der Waals surface area contributed by atoms with E-state index in [1.807, 2.05) is 6.08 Å². The summed E-state index contributed by atoms with van der Waals surface area (Å²) in [5.74, 6) is 2.23. The van der Waals surface area contributed by atoms with Gasteiger partial charge in [-0.25, -0.2) is 0 Å². The highest BCUT2D eigenvalue weighted by Crippen LogP contribution is 2.39. The van der Waals surface area contributed by atoms with Crippen LogP contribution >= 0.6 is 0 Å². The van der Waals surface area contributed by atoms with Crippen LogP contribution in [-0.4, -0.2) is 53.7 Å². The van der Waals surface area contributed by atoms with Crippen LogP contribution in [0.3, 0.4) is 0 Å². The minimum absolute atomic E-state index is 0.190. The molecule has 0 atom stereocenters. The number of hydrogen-bond donors (Lipinski definition) is 2. The molecule has 9 heteroatoms. The molecule has 0 saturated heterocycles. The van der Waals surface area contributed by atoms with Gasteiger partial charge in [-0.3, -0.25) is 4.79 Å². The lowest BCUT2D eigenvalue weighted by Crippen LogP contribution is -2.08. The lowest BCUT2D eigenvalue weighted by Gasteiger charge is -2.13. The second-order valence-electron chi connectivity index (χ2n) is 7.85. The molecule has 38 heavy (non-hydrogen) atoms. The first-order valence-electron chi connectivity index (χ1n) is 11.5. The Morgan fingerprint density at radius 3 is 1.71 bits per heavy atom. The number of aromatic hydroxyl groups is 1. The molecule has 9 nitrogen and oxygen atoms in total. The number of methoxy groups -OCH3 is 6. The molecule has 0 spiro atoms. The van der Waals surface area contributed by atoms with Crippen LogP contribution < -0.4 is 33.7 Å². The van der Waals surface area contributed by atoms with Gasteiger partial charge in [-0.2, -0.15) is 0 Å². The minimum Gasteiger partial charge on any atom is -0.503 e. The molecule has 3 aromatic rings. The SMILES string of the molecule is COc1ccc(/C=C/C(=O)Nc2cc(/C=C/c3cc(OC)c(OC)c(OC)c3)cc(OC)c2O)cc1OC. The molecule has 1 amide bonds. The average molecular weight is 522 g/mol. The van der Waals surface area contributed by atoms with E-state index in [0.717, 1.165) is 11.1 Å². The van der Waals surface area contributed by atoms with Crippen molar-refractivity contribution in [2.24, 2.45) is 0 Å². The molecule has 3 rings (SSSR count). The molecule has 0 aliphatic heterocycles.